The minimum Gasteiger partial charge on any atom is -0.446 e. The molecule has 2 heterocycles. The van der Waals surface area contributed by atoms with E-state index in [1.165, 1.54) is 36.2 Å². The predicted octanol–water partition coefficient (Wildman–Crippen LogP) is 4.27. The van der Waals surface area contributed by atoms with Crippen molar-refractivity contribution in [3.63, 3.8) is 0 Å². The maximum absolute atomic E-state index is 13.2. The Labute approximate surface area is 240 Å². The molecule has 226 valence electrons. The van der Waals surface area contributed by atoms with E-state index in [0.717, 1.165) is 38.7 Å². The van der Waals surface area contributed by atoms with Crippen LogP contribution in [0.15, 0.2) is 0 Å². The van der Waals surface area contributed by atoms with Crippen molar-refractivity contribution in [2.75, 3.05) is 39.0 Å². The van der Waals surface area contributed by atoms with Crippen molar-refractivity contribution in [1.82, 2.24) is 9.21 Å². The van der Waals surface area contributed by atoms with E-state index in [1.807, 2.05) is 0 Å². The van der Waals surface area contributed by atoms with Crippen LogP contribution in [-0.4, -0.2) is 86.2 Å². The van der Waals surface area contributed by atoms with Gasteiger partial charge in [0.05, 0.1) is 18.5 Å². The molecule has 40 heavy (non-hydrogen) atoms. The lowest BCUT2D eigenvalue weighted by Crippen LogP contribution is -2.60. The summed E-state index contributed by atoms with van der Waals surface area (Å²) in [6.45, 7) is 11.8. The molecule has 10 atom stereocenters. The Balaban J connectivity index is 1.09. The molecule has 7 aliphatic rings. The molecule has 0 aromatic carbocycles. The minimum atomic E-state index is -3.24. The Hall–Kier alpha value is -0.900. The van der Waals surface area contributed by atoms with Gasteiger partial charge in [-0.1, -0.05) is 27.7 Å². The van der Waals surface area contributed by atoms with Crippen LogP contribution in [0.4, 0.5) is 4.79 Å². The smallest absolute Gasteiger partial charge is 0.410 e. The van der Waals surface area contributed by atoms with E-state index in [2.05, 4.69) is 27.7 Å². The lowest BCUT2D eigenvalue weighted by molar-refractivity contribution is -0.182. The minimum absolute atomic E-state index is 0.00258. The first-order chi connectivity index (χ1) is 18.7. The lowest BCUT2D eigenvalue weighted by atomic mass is 9.41. The van der Waals surface area contributed by atoms with Crippen LogP contribution in [0.2, 0.25) is 0 Å². The van der Waals surface area contributed by atoms with Crippen LogP contribution in [0, 0.1) is 44.8 Å². The fourth-order valence-electron chi connectivity index (χ4n) is 12.3. The second-order valence-corrected chi connectivity index (χ2v) is 17.8. The third-order valence-electron chi connectivity index (χ3n) is 14.5. The fourth-order valence-corrected chi connectivity index (χ4v) is 13.2. The molecule has 2 saturated heterocycles. The quantitative estimate of drug-likeness (QED) is 0.526. The molecule has 7 rings (SSSR count). The summed E-state index contributed by atoms with van der Waals surface area (Å²) in [4.78, 5) is 14.9. The topological polar surface area (TPSA) is 96.4 Å². The van der Waals surface area contributed by atoms with Crippen molar-refractivity contribution >= 4 is 16.1 Å². The predicted molar refractivity (Wildman–Crippen MR) is 151 cm³/mol. The Morgan fingerprint density at radius 3 is 2.30 bits per heavy atom. The summed E-state index contributed by atoms with van der Waals surface area (Å²) in [5.41, 5.74) is 0.493. The molecular weight excluding hydrogens is 528 g/mol. The largest absolute Gasteiger partial charge is 0.446 e. The summed E-state index contributed by atoms with van der Waals surface area (Å²) >= 11 is 0. The maximum Gasteiger partial charge on any atom is 0.410 e. The summed E-state index contributed by atoms with van der Waals surface area (Å²) < 4.78 is 37.8. The number of aliphatic hydroxyl groups is 1. The Bertz CT molecular complexity index is 1180. The molecule has 2 spiro atoms. The number of ether oxygens (including phenoxy) is 2. The van der Waals surface area contributed by atoms with Gasteiger partial charge in [0.1, 0.15) is 6.10 Å². The first-order valence-corrected chi connectivity index (χ1v) is 17.8. The number of hydrogen-bond donors (Lipinski definition) is 1. The molecule has 7 fully saturated rings. The van der Waals surface area contributed by atoms with Crippen molar-refractivity contribution < 1.29 is 27.8 Å². The molecule has 0 aromatic rings. The van der Waals surface area contributed by atoms with Crippen molar-refractivity contribution in [1.29, 1.82) is 0 Å². The molecule has 8 nitrogen and oxygen atoms in total. The van der Waals surface area contributed by atoms with Gasteiger partial charge in [-0.2, -0.15) is 4.31 Å². The van der Waals surface area contributed by atoms with Gasteiger partial charge in [0.2, 0.25) is 10.0 Å². The van der Waals surface area contributed by atoms with Crippen molar-refractivity contribution in [2.45, 2.75) is 104 Å². The molecule has 0 bridgehead atoms. The number of hydrogen-bond acceptors (Lipinski definition) is 6. The molecule has 9 heteroatoms. The van der Waals surface area contributed by atoms with Crippen LogP contribution in [0.1, 0.15) is 85.5 Å². The van der Waals surface area contributed by atoms with E-state index in [0.29, 0.717) is 54.8 Å². The number of rotatable bonds is 2. The highest BCUT2D eigenvalue weighted by molar-refractivity contribution is 7.88. The molecule has 1 amide bonds. The molecule has 0 aromatic heterocycles. The van der Waals surface area contributed by atoms with E-state index in [4.69, 9.17) is 9.47 Å². The van der Waals surface area contributed by atoms with Crippen molar-refractivity contribution in [3.05, 3.63) is 0 Å². The van der Waals surface area contributed by atoms with Gasteiger partial charge in [-0.15, -0.1) is 0 Å². The van der Waals surface area contributed by atoms with Crippen LogP contribution >= 0.6 is 0 Å². The normalized spacial score (nSPS) is 51.5. The van der Waals surface area contributed by atoms with Crippen LogP contribution < -0.4 is 0 Å². The number of fused-ring (bicyclic) bond motifs is 4. The zero-order valence-electron chi connectivity index (χ0n) is 25.2. The molecule has 3 unspecified atom stereocenters. The second-order valence-electron chi connectivity index (χ2n) is 15.8. The van der Waals surface area contributed by atoms with Crippen LogP contribution in [0.5, 0.6) is 0 Å². The number of carbonyl (C=O) groups is 1. The van der Waals surface area contributed by atoms with Gasteiger partial charge in [0.25, 0.3) is 0 Å². The summed E-state index contributed by atoms with van der Waals surface area (Å²) in [5.74, 6) is 1.51. The van der Waals surface area contributed by atoms with Crippen LogP contribution in [0.25, 0.3) is 0 Å². The van der Waals surface area contributed by atoms with Gasteiger partial charge in [0, 0.05) is 43.6 Å². The Morgan fingerprint density at radius 1 is 0.925 bits per heavy atom. The van der Waals surface area contributed by atoms with Crippen molar-refractivity contribution in [3.8, 4) is 0 Å². The highest BCUT2D eigenvalue weighted by Crippen LogP contribution is 2.89. The number of piperazine rings is 1. The SMILES string of the molecule is CC1(C)C2CCC3[C@]4(CC[C@]5(C)[C@H]6CCCOC6[C@H](O)[C@@]35C)C[C@]24CC[C@@H]1OC(=O)N1CCN(S(C)(=O)=O)CC1. The van der Waals surface area contributed by atoms with Crippen LogP contribution in [-0.2, 0) is 19.5 Å². The number of nitrogens with zero attached hydrogens (tertiary/aromatic N) is 2. The lowest BCUT2D eigenvalue weighted by Gasteiger charge is -2.63. The number of aliphatic hydroxyl groups excluding tert-OH is 1. The number of sulfonamides is 1. The zero-order valence-corrected chi connectivity index (χ0v) is 26.0. The highest BCUT2D eigenvalue weighted by Gasteiger charge is 2.84. The highest BCUT2D eigenvalue weighted by atomic mass is 32.2. The summed E-state index contributed by atoms with van der Waals surface area (Å²) in [5, 5.41) is 11.9. The molecule has 5 saturated carbocycles. The van der Waals surface area contributed by atoms with Gasteiger partial charge in [-0.3, -0.25) is 0 Å². The first-order valence-electron chi connectivity index (χ1n) is 15.9. The van der Waals surface area contributed by atoms with Gasteiger partial charge in [-0.05, 0) is 91.8 Å². The molecule has 0 radical (unpaired) electrons. The van der Waals surface area contributed by atoms with E-state index in [9.17, 15) is 18.3 Å². The Morgan fingerprint density at radius 2 is 1.60 bits per heavy atom. The number of carbonyl (C=O) groups excluding carboxylic acids is 1. The number of amides is 1. The average Bonchev–Trinajstić information content (AvgIpc) is 3.55. The molecular formula is C31H50N2O6S. The maximum atomic E-state index is 13.2. The van der Waals surface area contributed by atoms with Crippen LogP contribution in [0.3, 0.4) is 0 Å². The Kier molecular flexibility index (Phi) is 6.00. The standard InChI is InChI=1S/C31H50N2O6S/c1-27(2)21-8-9-22-29(4)25(34)24-20(7-6-18-38-24)28(29,3)12-13-31(22)19-30(21,31)11-10-23(27)39-26(35)32-14-16-33(17-15-32)40(5,36)37/h20-25,34H,6-19H2,1-5H3/t20-,21?,22?,23-,24?,25-,28+,29+,30+,31-/m0/s1. The van der Waals surface area contributed by atoms with Crippen molar-refractivity contribution in [2.24, 2.45) is 44.8 Å². The monoisotopic (exact) mass is 578 g/mol. The van der Waals surface area contributed by atoms with Gasteiger partial charge < -0.3 is 19.5 Å². The summed E-state index contributed by atoms with van der Waals surface area (Å²) in [6, 6.07) is 0. The third kappa shape index (κ3) is 3.35. The molecule has 1 N–H and O–H groups in total. The molecule has 2 aliphatic heterocycles. The van der Waals surface area contributed by atoms with Gasteiger partial charge in [0.15, 0.2) is 0 Å². The summed E-state index contributed by atoms with van der Waals surface area (Å²) in [7, 11) is -3.24. The van der Waals surface area contributed by atoms with E-state index in [1.54, 1.807) is 4.90 Å². The average molecular weight is 579 g/mol. The van der Waals surface area contributed by atoms with Gasteiger partial charge in [-0.25, -0.2) is 13.2 Å². The zero-order chi connectivity index (χ0) is 28.5. The summed E-state index contributed by atoms with van der Waals surface area (Å²) in [6.07, 6.45) is 10.7. The first kappa shape index (κ1) is 27.9. The fraction of sp³-hybridized carbons (Fsp3) is 0.968. The van der Waals surface area contributed by atoms with E-state index in [-0.39, 0.29) is 40.7 Å². The van der Waals surface area contributed by atoms with E-state index < -0.39 is 10.0 Å². The second kappa shape index (κ2) is 8.60. The third-order valence-corrected chi connectivity index (χ3v) is 15.8. The van der Waals surface area contributed by atoms with Gasteiger partial charge >= 0.3 is 6.09 Å². The van der Waals surface area contributed by atoms with E-state index >= 15 is 0 Å². The molecule has 5 aliphatic carbocycles.